The third kappa shape index (κ3) is 3.72. The van der Waals surface area contributed by atoms with Gasteiger partial charge in [0.25, 0.3) is 5.91 Å². The van der Waals surface area contributed by atoms with Crippen molar-refractivity contribution in [1.29, 1.82) is 0 Å². The van der Waals surface area contributed by atoms with Crippen molar-refractivity contribution in [1.82, 2.24) is 19.9 Å². The summed E-state index contributed by atoms with van der Waals surface area (Å²) in [6, 6.07) is 6.39. The highest BCUT2D eigenvalue weighted by Gasteiger charge is 2.44. The van der Waals surface area contributed by atoms with Crippen LogP contribution >= 0.6 is 0 Å². The van der Waals surface area contributed by atoms with E-state index in [-0.39, 0.29) is 18.7 Å². The van der Waals surface area contributed by atoms with Gasteiger partial charge in [0.2, 0.25) is 5.78 Å². The Labute approximate surface area is 193 Å². The minimum Gasteiger partial charge on any atom is -0.497 e. The van der Waals surface area contributed by atoms with Gasteiger partial charge in [-0.15, -0.1) is 5.10 Å². The molecule has 1 amide bonds. The Morgan fingerprint density at radius 2 is 2.03 bits per heavy atom. The molecule has 34 heavy (non-hydrogen) atoms. The summed E-state index contributed by atoms with van der Waals surface area (Å²) in [4.78, 5) is 51.4. The number of nitrogens with zero attached hydrogens (tertiary/aromatic N) is 4. The largest absolute Gasteiger partial charge is 0.497 e. The van der Waals surface area contributed by atoms with Crippen molar-refractivity contribution in [2.45, 2.75) is 26.4 Å². The summed E-state index contributed by atoms with van der Waals surface area (Å²) in [5, 5.41) is 8.52. The lowest BCUT2D eigenvalue weighted by atomic mass is 9.91. The van der Waals surface area contributed by atoms with E-state index in [4.69, 9.17) is 9.15 Å². The number of hydrogen-bond acceptors (Lipinski definition) is 8. The molecule has 0 bridgehead atoms. The Balaban J connectivity index is 1.34. The summed E-state index contributed by atoms with van der Waals surface area (Å²) in [6.45, 7) is 1.74. The molecule has 1 aliphatic heterocycles. The van der Waals surface area contributed by atoms with E-state index < -0.39 is 29.0 Å². The normalized spacial score (nSPS) is 17.6. The molecule has 1 atom stereocenters. The second-order valence-electron chi connectivity index (χ2n) is 8.30. The van der Waals surface area contributed by atoms with Gasteiger partial charge in [-0.05, 0) is 43.7 Å². The lowest BCUT2D eigenvalue weighted by Gasteiger charge is -2.20. The number of likely N-dealkylation sites (tertiary alicyclic amines) is 1. The number of ether oxygens (including phenoxy) is 1. The quantitative estimate of drug-likeness (QED) is 0.311. The van der Waals surface area contributed by atoms with Crippen LogP contribution < -0.4 is 10.4 Å². The second-order valence-corrected chi connectivity index (χ2v) is 8.30. The molecule has 3 aromatic rings. The summed E-state index contributed by atoms with van der Waals surface area (Å²) < 4.78 is 11.7. The summed E-state index contributed by atoms with van der Waals surface area (Å²) in [5.74, 6) is -1.40. The highest BCUT2D eigenvalue weighted by Crippen LogP contribution is 2.35. The average molecular weight is 460 g/mol. The molecule has 1 unspecified atom stereocenters. The number of amides is 1. The first-order valence-corrected chi connectivity index (χ1v) is 10.6. The van der Waals surface area contributed by atoms with Crippen molar-refractivity contribution in [2.75, 3.05) is 7.11 Å². The van der Waals surface area contributed by atoms with E-state index in [1.165, 1.54) is 29.0 Å². The van der Waals surface area contributed by atoms with Crippen LogP contribution in [-0.4, -0.2) is 44.5 Å². The Morgan fingerprint density at radius 1 is 1.21 bits per heavy atom. The van der Waals surface area contributed by atoms with Crippen molar-refractivity contribution < 1.29 is 23.5 Å². The molecule has 1 saturated heterocycles. The monoisotopic (exact) mass is 460 g/mol. The number of carbonyl (C=O) groups is 3. The van der Waals surface area contributed by atoms with Gasteiger partial charge in [-0.2, -0.15) is 0 Å². The molecule has 172 valence electrons. The van der Waals surface area contributed by atoms with E-state index in [1.54, 1.807) is 24.3 Å². The van der Waals surface area contributed by atoms with Gasteiger partial charge < -0.3 is 14.1 Å². The van der Waals surface area contributed by atoms with E-state index in [0.29, 0.717) is 34.5 Å². The molecule has 0 saturated carbocycles. The number of hydrogen-bond donors (Lipinski definition) is 0. The van der Waals surface area contributed by atoms with E-state index in [2.05, 4.69) is 10.3 Å². The van der Waals surface area contributed by atoms with Crippen LogP contribution in [0.25, 0.3) is 11.0 Å². The molecular formula is C24H20N4O6. The van der Waals surface area contributed by atoms with E-state index in [0.717, 1.165) is 5.57 Å². The molecule has 10 nitrogen and oxygen atoms in total. The van der Waals surface area contributed by atoms with Gasteiger partial charge in [-0.3, -0.25) is 14.4 Å². The molecule has 10 heteroatoms. The number of rotatable bonds is 6. The molecule has 3 heterocycles. The van der Waals surface area contributed by atoms with Gasteiger partial charge in [-0.1, -0.05) is 16.9 Å². The van der Waals surface area contributed by atoms with Crippen LogP contribution in [0.5, 0.6) is 5.75 Å². The van der Waals surface area contributed by atoms with Crippen LogP contribution in [0.2, 0.25) is 0 Å². The van der Waals surface area contributed by atoms with Crippen LogP contribution in [-0.2, 0) is 22.7 Å². The van der Waals surface area contributed by atoms with Crippen LogP contribution in [0.15, 0.2) is 63.1 Å². The van der Waals surface area contributed by atoms with Gasteiger partial charge in [-0.25, -0.2) is 9.48 Å². The smallest absolute Gasteiger partial charge is 0.347 e. The van der Waals surface area contributed by atoms with Gasteiger partial charge in [0.05, 0.1) is 25.8 Å². The number of carbonyl (C=O) groups excluding carboxylic acids is 3. The summed E-state index contributed by atoms with van der Waals surface area (Å²) in [5.41, 5.74) is 1.58. The molecule has 5 rings (SSSR count). The molecule has 1 fully saturated rings. The first-order valence-electron chi connectivity index (χ1n) is 10.6. The van der Waals surface area contributed by atoms with E-state index in [9.17, 15) is 19.2 Å². The highest BCUT2D eigenvalue weighted by molar-refractivity contribution is 6.40. The predicted octanol–water partition coefficient (Wildman–Crippen LogP) is 2.04. The molecule has 2 aromatic heterocycles. The molecule has 0 spiro atoms. The number of ketones is 2. The summed E-state index contributed by atoms with van der Waals surface area (Å²) >= 11 is 0. The van der Waals surface area contributed by atoms with Crippen LogP contribution in [0.3, 0.4) is 0 Å². The Morgan fingerprint density at radius 3 is 2.82 bits per heavy atom. The Bertz CT molecular complexity index is 1480. The van der Waals surface area contributed by atoms with Gasteiger partial charge in [0, 0.05) is 11.1 Å². The molecule has 0 N–H and O–H groups in total. The fourth-order valence-corrected chi connectivity index (χ4v) is 4.21. The maximum atomic E-state index is 12.8. The SMILES string of the molecule is COc1ccc2oc(=O)c(C(=O)Cn3cc(CN4C(=O)C(=O)C5CC(C)=CC=C54)nn3)cc2c1. The number of aromatic nitrogens is 3. The Hall–Kier alpha value is -4.34. The van der Waals surface area contributed by atoms with E-state index >= 15 is 0 Å². The van der Waals surface area contributed by atoms with Crippen molar-refractivity contribution in [3.63, 3.8) is 0 Å². The lowest BCUT2D eigenvalue weighted by Crippen LogP contribution is -2.26. The molecule has 0 radical (unpaired) electrons. The molecule has 1 aromatic carbocycles. The minimum absolute atomic E-state index is 0.0614. The first-order chi connectivity index (χ1) is 16.3. The van der Waals surface area contributed by atoms with Gasteiger partial charge in [0.15, 0.2) is 5.78 Å². The highest BCUT2D eigenvalue weighted by atomic mass is 16.5. The van der Waals surface area contributed by atoms with Crippen molar-refractivity contribution >= 4 is 28.4 Å². The molecule has 2 aliphatic rings. The second kappa shape index (κ2) is 8.22. The van der Waals surface area contributed by atoms with Gasteiger partial charge in [0.1, 0.15) is 29.1 Å². The van der Waals surface area contributed by atoms with Crippen molar-refractivity contribution in [3.8, 4) is 5.75 Å². The number of allylic oxidation sites excluding steroid dienone is 4. The lowest BCUT2D eigenvalue weighted by molar-refractivity contribution is -0.140. The zero-order valence-electron chi connectivity index (χ0n) is 18.5. The number of fused-ring (bicyclic) bond motifs is 2. The topological polar surface area (TPSA) is 125 Å². The average Bonchev–Trinajstić information content (AvgIpc) is 3.36. The van der Waals surface area contributed by atoms with Crippen molar-refractivity contribution in [2.24, 2.45) is 5.92 Å². The third-order valence-electron chi connectivity index (χ3n) is 5.96. The van der Waals surface area contributed by atoms with Gasteiger partial charge >= 0.3 is 5.63 Å². The maximum Gasteiger partial charge on any atom is 0.347 e. The standard InChI is InChI=1S/C24H20N4O6/c1-13-3-5-19-17(7-13)22(30)23(31)28(19)11-15-10-27(26-25-15)12-20(29)18-9-14-8-16(33-2)4-6-21(14)34-24(18)32/h3-6,8-10,17H,7,11-12H2,1-2H3. The van der Waals surface area contributed by atoms with E-state index in [1.807, 2.05) is 13.0 Å². The maximum absolute atomic E-state index is 12.8. The number of benzene rings is 1. The molecular weight excluding hydrogens is 440 g/mol. The Kier molecular flexibility index (Phi) is 5.20. The zero-order valence-corrected chi connectivity index (χ0v) is 18.5. The third-order valence-corrected chi connectivity index (χ3v) is 5.96. The summed E-state index contributed by atoms with van der Waals surface area (Å²) in [6.07, 6.45) is 5.71. The number of methoxy groups -OCH3 is 1. The fraction of sp³-hybridized carbons (Fsp3) is 0.250. The number of Topliss-reactive ketones (excluding diaryl/α,β-unsaturated/α-hetero) is 2. The van der Waals surface area contributed by atoms with Crippen LogP contribution in [0.1, 0.15) is 29.4 Å². The van der Waals surface area contributed by atoms with Crippen LogP contribution in [0.4, 0.5) is 0 Å². The van der Waals surface area contributed by atoms with Crippen molar-refractivity contribution in [3.05, 3.63) is 75.6 Å². The van der Waals surface area contributed by atoms with Crippen LogP contribution in [0, 0.1) is 5.92 Å². The predicted molar refractivity (Wildman–Crippen MR) is 119 cm³/mol. The zero-order chi connectivity index (χ0) is 24.0. The summed E-state index contributed by atoms with van der Waals surface area (Å²) in [7, 11) is 1.52. The first kappa shape index (κ1) is 21.5. The fourth-order valence-electron chi connectivity index (χ4n) is 4.21. The molecule has 1 aliphatic carbocycles. The minimum atomic E-state index is -0.747.